The van der Waals surface area contributed by atoms with Crippen molar-refractivity contribution < 1.29 is 27.9 Å². The van der Waals surface area contributed by atoms with E-state index in [9.17, 15) is 9.18 Å². The molecule has 0 radical (unpaired) electrons. The summed E-state index contributed by atoms with van der Waals surface area (Å²) in [4.78, 5) is 20.9. The number of aromatic nitrogens is 3. The molecule has 0 amide bonds. The fourth-order valence-electron chi connectivity index (χ4n) is 3.06. The zero-order valence-corrected chi connectivity index (χ0v) is 18.7. The summed E-state index contributed by atoms with van der Waals surface area (Å²) in [7, 11) is 3.15. The summed E-state index contributed by atoms with van der Waals surface area (Å²) >= 11 is 1.42. The van der Waals surface area contributed by atoms with Crippen LogP contribution in [0.5, 0.6) is 11.5 Å². The third-order valence-corrected chi connectivity index (χ3v) is 5.60. The average Bonchev–Trinajstić information content (AvgIpc) is 3.51. The number of rotatable bonds is 9. The third kappa shape index (κ3) is 5.35. The fourth-order valence-corrected chi connectivity index (χ4v) is 3.89. The molecule has 10 heteroatoms. The number of carbonyl (C=O) groups excluding carboxylic acids is 1. The lowest BCUT2D eigenvalue weighted by Gasteiger charge is -2.10. The number of hydrogen-bond donors (Lipinski definition) is 0. The molecule has 0 aliphatic rings. The van der Waals surface area contributed by atoms with Crippen molar-refractivity contribution in [3.05, 3.63) is 65.2 Å². The zero-order valence-electron chi connectivity index (χ0n) is 17.9. The van der Waals surface area contributed by atoms with Crippen molar-refractivity contribution in [2.24, 2.45) is 0 Å². The Morgan fingerprint density at radius 3 is 2.67 bits per heavy atom. The van der Waals surface area contributed by atoms with E-state index in [2.05, 4.69) is 15.1 Å². The number of thiazole rings is 1. The summed E-state index contributed by atoms with van der Waals surface area (Å²) in [6.07, 6.45) is 0.308. The lowest BCUT2D eigenvalue weighted by atomic mass is 10.2. The Kier molecular flexibility index (Phi) is 6.94. The topological polar surface area (TPSA) is 96.6 Å². The highest BCUT2D eigenvalue weighted by Gasteiger charge is 2.16. The second-order valence-electron chi connectivity index (χ2n) is 6.86. The molecule has 0 spiro atoms. The summed E-state index contributed by atoms with van der Waals surface area (Å²) < 4.78 is 34.3. The number of hydrogen-bond acceptors (Lipinski definition) is 9. The predicted octanol–water partition coefficient (Wildman–Crippen LogP) is 4.69. The summed E-state index contributed by atoms with van der Waals surface area (Å²) in [6.45, 7) is 0.0479. The van der Waals surface area contributed by atoms with E-state index in [1.807, 2.05) is 23.6 Å². The van der Waals surface area contributed by atoms with Crippen LogP contribution >= 0.6 is 11.3 Å². The highest BCUT2D eigenvalue weighted by atomic mass is 32.1. The number of benzene rings is 2. The minimum atomic E-state index is -0.412. The first-order valence-corrected chi connectivity index (χ1v) is 10.8. The standard InChI is InChI=1S/C23H20FN3O5S/c1-29-18-5-3-4-17(21(18)30-2)23-25-16(13-33-23)12-31-20(28)11-10-19-26-22(27-32-19)14-6-8-15(24)9-7-14/h3-9,13H,10-12H2,1-2H3. The van der Waals surface area contributed by atoms with Gasteiger partial charge in [-0.15, -0.1) is 11.3 Å². The first-order chi connectivity index (χ1) is 16.1. The molecule has 170 valence electrons. The summed E-state index contributed by atoms with van der Waals surface area (Å²) in [5.41, 5.74) is 2.05. The van der Waals surface area contributed by atoms with Crippen LogP contribution in [-0.4, -0.2) is 35.3 Å². The van der Waals surface area contributed by atoms with Crippen molar-refractivity contribution in [2.75, 3.05) is 14.2 Å². The molecule has 0 atom stereocenters. The van der Waals surface area contributed by atoms with E-state index in [1.54, 1.807) is 26.4 Å². The number of halogens is 1. The lowest BCUT2D eigenvalue weighted by Crippen LogP contribution is -2.06. The maximum atomic E-state index is 13.0. The first kappa shape index (κ1) is 22.4. The van der Waals surface area contributed by atoms with E-state index >= 15 is 0 Å². The molecular weight excluding hydrogens is 449 g/mol. The fraction of sp³-hybridized carbons (Fsp3) is 0.217. The van der Waals surface area contributed by atoms with Gasteiger partial charge in [0.25, 0.3) is 0 Å². The van der Waals surface area contributed by atoms with Crippen LogP contribution in [0.2, 0.25) is 0 Å². The maximum Gasteiger partial charge on any atom is 0.306 e. The number of esters is 1. The Morgan fingerprint density at radius 1 is 1.09 bits per heavy atom. The number of carbonyl (C=O) groups is 1. The molecule has 0 fully saturated rings. The van der Waals surface area contributed by atoms with Crippen LogP contribution in [0.25, 0.3) is 22.0 Å². The molecule has 0 unspecified atom stereocenters. The van der Waals surface area contributed by atoms with E-state index in [0.29, 0.717) is 34.5 Å². The second kappa shape index (κ2) is 10.2. The smallest absolute Gasteiger partial charge is 0.306 e. The van der Waals surface area contributed by atoms with Gasteiger partial charge < -0.3 is 18.7 Å². The van der Waals surface area contributed by atoms with Crippen LogP contribution in [0.1, 0.15) is 18.0 Å². The monoisotopic (exact) mass is 469 g/mol. The molecule has 4 aromatic rings. The van der Waals surface area contributed by atoms with Gasteiger partial charge in [-0.1, -0.05) is 11.2 Å². The van der Waals surface area contributed by atoms with E-state index in [0.717, 1.165) is 10.6 Å². The molecule has 2 aromatic carbocycles. The van der Waals surface area contributed by atoms with E-state index in [-0.39, 0.29) is 25.3 Å². The third-order valence-electron chi connectivity index (χ3n) is 4.68. The minimum absolute atomic E-state index is 0.0479. The number of methoxy groups -OCH3 is 2. The average molecular weight is 469 g/mol. The van der Waals surface area contributed by atoms with Gasteiger partial charge in [-0.05, 0) is 36.4 Å². The Morgan fingerprint density at radius 2 is 1.91 bits per heavy atom. The highest BCUT2D eigenvalue weighted by molar-refractivity contribution is 7.13. The minimum Gasteiger partial charge on any atom is -0.493 e. The van der Waals surface area contributed by atoms with Gasteiger partial charge in [-0.25, -0.2) is 9.37 Å². The van der Waals surface area contributed by atoms with Gasteiger partial charge in [-0.2, -0.15) is 4.98 Å². The highest BCUT2D eigenvalue weighted by Crippen LogP contribution is 2.39. The zero-order chi connectivity index (χ0) is 23.2. The normalized spacial score (nSPS) is 10.8. The van der Waals surface area contributed by atoms with Crippen molar-refractivity contribution in [3.63, 3.8) is 0 Å². The first-order valence-electron chi connectivity index (χ1n) is 9.97. The van der Waals surface area contributed by atoms with Gasteiger partial charge in [0.2, 0.25) is 11.7 Å². The van der Waals surface area contributed by atoms with Crippen molar-refractivity contribution in [1.82, 2.24) is 15.1 Å². The van der Waals surface area contributed by atoms with Crippen LogP contribution in [-0.2, 0) is 22.6 Å². The molecule has 0 aliphatic heterocycles. The van der Waals surface area contributed by atoms with Crippen LogP contribution in [0.4, 0.5) is 4.39 Å². The van der Waals surface area contributed by atoms with Gasteiger partial charge in [0.05, 0.1) is 31.9 Å². The van der Waals surface area contributed by atoms with E-state index < -0.39 is 5.97 Å². The van der Waals surface area contributed by atoms with Crippen LogP contribution in [0.15, 0.2) is 52.4 Å². The Labute approximate surface area is 193 Å². The van der Waals surface area contributed by atoms with Crippen LogP contribution in [0.3, 0.4) is 0 Å². The molecule has 0 saturated heterocycles. The largest absolute Gasteiger partial charge is 0.493 e. The molecule has 33 heavy (non-hydrogen) atoms. The van der Waals surface area contributed by atoms with E-state index in [1.165, 1.54) is 23.5 Å². The van der Waals surface area contributed by atoms with Crippen molar-refractivity contribution in [2.45, 2.75) is 19.4 Å². The molecule has 0 N–H and O–H groups in total. The summed E-state index contributed by atoms with van der Waals surface area (Å²) in [6, 6.07) is 11.3. The molecule has 0 bridgehead atoms. The van der Waals surface area contributed by atoms with Gasteiger partial charge >= 0.3 is 5.97 Å². The van der Waals surface area contributed by atoms with Gasteiger partial charge in [0.1, 0.15) is 17.4 Å². The second-order valence-corrected chi connectivity index (χ2v) is 7.72. The quantitative estimate of drug-likeness (QED) is 0.326. The van der Waals surface area contributed by atoms with Crippen molar-refractivity contribution >= 4 is 17.3 Å². The molecular formula is C23H20FN3O5S. The lowest BCUT2D eigenvalue weighted by molar-refractivity contribution is -0.145. The SMILES string of the molecule is COc1cccc(-c2nc(COC(=O)CCc3nc(-c4ccc(F)cc4)no3)cs2)c1OC. The van der Waals surface area contributed by atoms with Gasteiger partial charge in [0.15, 0.2) is 11.5 Å². The van der Waals surface area contributed by atoms with E-state index in [4.69, 9.17) is 18.7 Å². The Balaban J connectivity index is 1.31. The predicted molar refractivity (Wildman–Crippen MR) is 118 cm³/mol. The molecule has 2 heterocycles. The number of aryl methyl sites for hydroxylation is 1. The van der Waals surface area contributed by atoms with Crippen molar-refractivity contribution in [3.8, 4) is 33.5 Å². The molecule has 8 nitrogen and oxygen atoms in total. The molecule has 0 saturated carbocycles. The molecule has 4 rings (SSSR count). The molecule has 0 aliphatic carbocycles. The van der Waals surface area contributed by atoms with Crippen LogP contribution in [0, 0.1) is 5.82 Å². The summed E-state index contributed by atoms with van der Waals surface area (Å²) in [5, 5.41) is 6.42. The number of para-hydroxylation sites is 1. The van der Waals surface area contributed by atoms with Crippen molar-refractivity contribution in [1.29, 1.82) is 0 Å². The summed E-state index contributed by atoms with van der Waals surface area (Å²) in [5.74, 6) is 1.08. The Hall–Kier alpha value is -3.79. The molecule has 2 aromatic heterocycles. The number of ether oxygens (including phenoxy) is 3. The Bertz CT molecular complexity index is 1240. The van der Waals surface area contributed by atoms with Crippen LogP contribution < -0.4 is 9.47 Å². The maximum absolute atomic E-state index is 13.0. The number of nitrogens with zero attached hydrogens (tertiary/aromatic N) is 3. The van der Waals surface area contributed by atoms with Gasteiger partial charge in [-0.3, -0.25) is 4.79 Å². The van der Waals surface area contributed by atoms with Gasteiger partial charge in [0, 0.05) is 17.4 Å².